The zero-order valence-corrected chi connectivity index (χ0v) is 22.1. The Morgan fingerprint density at radius 1 is 1.05 bits per heavy atom. The van der Waals surface area contributed by atoms with Crippen LogP contribution in [0.5, 0.6) is 5.75 Å². The molecule has 196 valence electrons. The van der Waals surface area contributed by atoms with E-state index >= 15 is 0 Å². The number of nitrogens with one attached hydrogen (secondary N) is 1. The van der Waals surface area contributed by atoms with Crippen LogP contribution < -0.4 is 10.1 Å². The second-order valence-electron chi connectivity index (χ2n) is 8.63. The number of nitrogens with zero attached hydrogens (tertiary/aromatic N) is 4. The van der Waals surface area contributed by atoms with Gasteiger partial charge in [-0.1, -0.05) is 49.4 Å². The van der Waals surface area contributed by atoms with E-state index in [2.05, 4.69) is 41.5 Å². The number of nitro groups is 1. The molecule has 1 N–H and O–H groups in total. The molecule has 0 atom stereocenters. The fraction of sp³-hybridized carbons (Fsp3) is 0.250. The van der Waals surface area contributed by atoms with Gasteiger partial charge in [0.1, 0.15) is 5.75 Å². The number of rotatable bonds is 12. The van der Waals surface area contributed by atoms with Crippen LogP contribution in [-0.2, 0) is 12.3 Å². The highest BCUT2D eigenvalue weighted by molar-refractivity contribution is 7.98. The standard InChI is InChI=1S/C28H29N5O4S/c1-3-4-17-37-25-15-9-21(10-16-25)27(34)29-18-26-30-31-28(38-19-22-8-6-5-7-20(22)2)32(26)23-11-13-24(14-12-23)33(35)36/h5-16H,3-4,17-19H2,1-2H3,(H,29,34). The number of amides is 1. The van der Waals surface area contributed by atoms with Crippen LogP contribution in [0.15, 0.2) is 78.0 Å². The highest BCUT2D eigenvalue weighted by atomic mass is 32.2. The maximum absolute atomic E-state index is 12.8. The number of hydrogen-bond acceptors (Lipinski definition) is 7. The first kappa shape index (κ1) is 26.9. The molecule has 0 saturated carbocycles. The summed E-state index contributed by atoms with van der Waals surface area (Å²) < 4.78 is 7.48. The molecule has 0 saturated heterocycles. The number of ether oxygens (including phenoxy) is 1. The van der Waals surface area contributed by atoms with Gasteiger partial charge in [0.25, 0.3) is 11.6 Å². The number of aryl methyl sites for hydroxylation is 1. The Kier molecular flexibility index (Phi) is 9.10. The molecule has 9 nitrogen and oxygen atoms in total. The van der Waals surface area contributed by atoms with E-state index in [1.165, 1.54) is 35.0 Å². The molecule has 10 heteroatoms. The van der Waals surface area contributed by atoms with E-state index in [1.807, 2.05) is 16.7 Å². The minimum absolute atomic E-state index is 0.00656. The molecule has 4 aromatic rings. The van der Waals surface area contributed by atoms with Gasteiger partial charge in [-0.2, -0.15) is 0 Å². The molecule has 0 aliphatic rings. The average Bonchev–Trinajstić information content (AvgIpc) is 3.34. The molecule has 0 bridgehead atoms. The molecule has 0 spiro atoms. The normalized spacial score (nSPS) is 10.8. The van der Waals surface area contributed by atoms with E-state index in [4.69, 9.17) is 4.74 Å². The van der Waals surface area contributed by atoms with Crippen LogP contribution in [0.2, 0.25) is 0 Å². The predicted octanol–water partition coefficient (Wildman–Crippen LogP) is 5.89. The lowest BCUT2D eigenvalue weighted by molar-refractivity contribution is -0.384. The van der Waals surface area contributed by atoms with Gasteiger partial charge in [0, 0.05) is 29.1 Å². The number of hydrogen-bond donors (Lipinski definition) is 1. The summed E-state index contributed by atoms with van der Waals surface area (Å²) in [6, 6.07) is 21.3. The number of non-ortho nitro benzene ring substituents is 1. The molecule has 38 heavy (non-hydrogen) atoms. The van der Waals surface area contributed by atoms with Gasteiger partial charge in [0.05, 0.1) is 18.1 Å². The second-order valence-corrected chi connectivity index (χ2v) is 9.57. The highest BCUT2D eigenvalue weighted by Crippen LogP contribution is 2.27. The topological polar surface area (TPSA) is 112 Å². The third kappa shape index (κ3) is 6.77. The first-order valence-corrected chi connectivity index (χ1v) is 13.3. The van der Waals surface area contributed by atoms with Crippen LogP contribution in [0.1, 0.15) is 47.1 Å². The molecule has 1 heterocycles. The van der Waals surface area contributed by atoms with Crippen molar-refractivity contribution in [3.63, 3.8) is 0 Å². The van der Waals surface area contributed by atoms with Gasteiger partial charge in [-0.05, 0) is 60.9 Å². The van der Waals surface area contributed by atoms with Crippen LogP contribution in [0.25, 0.3) is 5.69 Å². The molecule has 1 amide bonds. The Hall–Kier alpha value is -4.18. The summed E-state index contributed by atoms with van der Waals surface area (Å²) in [5.74, 6) is 1.66. The zero-order chi connectivity index (χ0) is 26.9. The number of nitro benzene ring substituents is 1. The fourth-order valence-electron chi connectivity index (χ4n) is 3.70. The van der Waals surface area contributed by atoms with Gasteiger partial charge in [-0.3, -0.25) is 19.5 Å². The maximum atomic E-state index is 12.8. The summed E-state index contributed by atoms with van der Waals surface area (Å²) in [4.78, 5) is 23.5. The number of carbonyl (C=O) groups is 1. The van der Waals surface area contributed by atoms with Crippen molar-refractivity contribution >= 4 is 23.4 Å². The van der Waals surface area contributed by atoms with E-state index in [0.29, 0.717) is 34.6 Å². The van der Waals surface area contributed by atoms with E-state index in [1.54, 1.807) is 36.4 Å². The number of thioether (sulfide) groups is 1. The van der Waals surface area contributed by atoms with Crippen molar-refractivity contribution in [3.05, 3.63) is 105 Å². The third-order valence-corrected chi connectivity index (χ3v) is 6.91. The Labute approximate surface area is 225 Å². The predicted molar refractivity (Wildman–Crippen MR) is 147 cm³/mol. The van der Waals surface area contributed by atoms with Crippen molar-refractivity contribution in [3.8, 4) is 11.4 Å². The Bertz CT molecular complexity index is 1390. The molecule has 1 aromatic heterocycles. The lowest BCUT2D eigenvalue weighted by atomic mass is 10.1. The number of benzene rings is 3. The molecule has 3 aromatic carbocycles. The number of aromatic nitrogens is 3. The van der Waals surface area contributed by atoms with Gasteiger partial charge in [-0.25, -0.2) is 0 Å². The van der Waals surface area contributed by atoms with Crippen LogP contribution >= 0.6 is 11.8 Å². The third-order valence-electron chi connectivity index (χ3n) is 5.93. The molecular weight excluding hydrogens is 502 g/mol. The molecule has 0 radical (unpaired) electrons. The molecule has 0 aliphatic carbocycles. The van der Waals surface area contributed by atoms with Crippen LogP contribution in [-0.4, -0.2) is 32.2 Å². The highest BCUT2D eigenvalue weighted by Gasteiger charge is 2.17. The molecule has 0 fully saturated rings. The van der Waals surface area contributed by atoms with Gasteiger partial charge >= 0.3 is 0 Å². The Morgan fingerprint density at radius 3 is 2.47 bits per heavy atom. The Balaban J connectivity index is 1.51. The van der Waals surface area contributed by atoms with Crippen molar-refractivity contribution in [1.82, 2.24) is 20.1 Å². The van der Waals surface area contributed by atoms with E-state index in [0.717, 1.165) is 18.6 Å². The SMILES string of the molecule is CCCCOc1ccc(C(=O)NCc2nnc(SCc3ccccc3C)n2-c2ccc([N+](=O)[O-])cc2)cc1. The quantitative estimate of drug-likeness (QED) is 0.105. The van der Waals surface area contributed by atoms with E-state index in [9.17, 15) is 14.9 Å². The zero-order valence-electron chi connectivity index (χ0n) is 21.3. The maximum Gasteiger partial charge on any atom is 0.269 e. The number of carbonyl (C=O) groups excluding carboxylic acids is 1. The van der Waals surface area contributed by atoms with Gasteiger partial charge < -0.3 is 10.1 Å². The van der Waals surface area contributed by atoms with Crippen molar-refractivity contribution in [1.29, 1.82) is 0 Å². The van der Waals surface area contributed by atoms with E-state index in [-0.39, 0.29) is 18.1 Å². The largest absolute Gasteiger partial charge is 0.494 e. The lowest BCUT2D eigenvalue weighted by Crippen LogP contribution is -2.24. The average molecular weight is 532 g/mol. The van der Waals surface area contributed by atoms with Crippen molar-refractivity contribution < 1.29 is 14.5 Å². The number of unbranched alkanes of at least 4 members (excludes halogenated alkanes) is 1. The summed E-state index contributed by atoms with van der Waals surface area (Å²) in [7, 11) is 0. The van der Waals surface area contributed by atoms with Gasteiger partial charge in [0.15, 0.2) is 11.0 Å². The summed E-state index contributed by atoms with van der Waals surface area (Å²) >= 11 is 1.51. The van der Waals surface area contributed by atoms with Crippen LogP contribution in [0.4, 0.5) is 5.69 Å². The van der Waals surface area contributed by atoms with Crippen molar-refractivity contribution in [2.45, 2.75) is 44.1 Å². The van der Waals surface area contributed by atoms with Crippen LogP contribution in [0, 0.1) is 17.0 Å². The van der Waals surface area contributed by atoms with E-state index < -0.39 is 4.92 Å². The summed E-state index contributed by atoms with van der Waals surface area (Å²) in [5.41, 5.74) is 3.52. The monoisotopic (exact) mass is 531 g/mol. The Morgan fingerprint density at radius 2 is 1.79 bits per heavy atom. The van der Waals surface area contributed by atoms with Gasteiger partial charge in [0.2, 0.25) is 0 Å². The summed E-state index contributed by atoms with van der Waals surface area (Å²) in [6.07, 6.45) is 2.03. The van der Waals surface area contributed by atoms with Gasteiger partial charge in [-0.15, -0.1) is 10.2 Å². The minimum Gasteiger partial charge on any atom is -0.494 e. The summed E-state index contributed by atoms with van der Waals surface area (Å²) in [5, 5.41) is 23.4. The molecular formula is C28H29N5O4S. The first-order valence-electron chi connectivity index (χ1n) is 12.3. The minimum atomic E-state index is -0.439. The molecule has 4 rings (SSSR count). The van der Waals surface area contributed by atoms with Crippen molar-refractivity contribution in [2.24, 2.45) is 0 Å². The smallest absolute Gasteiger partial charge is 0.269 e. The summed E-state index contributed by atoms with van der Waals surface area (Å²) in [6.45, 7) is 4.93. The van der Waals surface area contributed by atoms with Crippen molar-refractivity contribution in [2.75, 3.05) is 6.61 Å². The fourth-order valence-corrected chi connectivity index (χ4v) is 4.75. The second kappa shape index (κ2) is 12.9. The molecule has 0 aliphatic heterocycles. The lowest BCUT2D eigenvalue weighted by Gasteiger charge is -2.12. The first-order chi connectivity index (χ1) is 18.5. The molecule has 0 unspecified atom stereocenters. The van der Waals surface area contributed by atoms with Crippen LogP contribution in [0.3, 0.4) is 0 Å².